The van der Waals surface area contributed by atoms with Gasteiger partial charge in [-0.25, -0.2) is 4.79 Å². The number of rotatable bonds is 2. The Labute approximate surface area is 163 Å². The summed E-state index contributed by atoms with van der Waals surface area (Å²) in [6.07, 6.45) is 3.28. The number of amides is 1. The van der Waals surface area contributed by atoms with E-state index in [1.807, 2.05) is 31.2 Å². The normalized spacial score (nSPS) is 15.9. The summed E-state index contributed by atoms with van der Waals surface area (Å²) in [5.41, 5.74) is 6.51. The van der Waals surface area contributed by atoms with E-state index in [9.17, 15) is 9.59 Å². The Kier molecular flexibility index (Phi) is 3.97. The van der Waals surface area contributed by atoms with Crippen molar-refractivity contribution in [2.45, 2.75) is 32.7 Å². The average Bonchev–Trinajstić information content (AvgIpc) is 3.05. The second-order valence-electron chi connectivity index (χ2n) is 7.71. The molecule has 5 heteroatoms. The van der Waals surface area contributed by atoms with E-state index in [0.29, 0.717) is 30.8 Å². The molecule has 0 bridgehead atoms. The number of nitrogens with zero attached hydrogens (tertiary/aromatic N) is 1. The van der Waals surface area contributed by atoms with Gasteiger partial charge in [-0.05, 0) is 66.6 Å². The predicted molar refractivity (Wildman–Crippen MR) is 109 cm³/mol. The van der Waals surface area contributed by atoms with Crippen molar-refractivity contribution in [3.8, 4) is 0 Å². The zero-order valence-corrected chi connectivity index (χ0v) is 15.9. The van der Waals surface area contributed by atoms with E-state index < -0.39 is 0 Å². The van der Waals surface area contributed by atoms with E-state index in [1.165, 1.54) is 11.1 Å². The summed E-state index contributed by atoms with van der Waals surface area (Å²) < 4.78 is 5.51. The van der Waals surface area contributed by atoms with Gasteiger partial charge in [-0.15, -0.1) is 0 Å². The molecule has 0 radical (unpaired) electrons. The van der Waals surface area contributed by atoms with Crippen molar-refractivity contribution in [1.82, 2.24) is 5.32 Å². The smallest absolute Gasteiger partial charge is 0.336 e. The van der Waals surface area contributed by atoms with Crippen molar-refractivity contribution >= 4 is 22.6 Å². The fraction of sp³-hybridized carbons (Fsp3) is 0.304. The number of benzene rings is 2. The van der Waals surface area contributed by atoms with Crippen LogP contribution in [0.5, 0.6) is 0 Å². The molecule has 2 aromatic carbocycles. The van der Waals surface area contributed by atoms with Crippen molar-refractivity contribution < 1.29 is 9.21 Å². The zero-order chi connectivity index (χ0) is 19.3. The molecule has 142 valence electrons. The fourth-order valence-electron chi connectivity index (χ4n) is 4.52. The van der Waals surface area contributed by atoms with Gasteiger partial charge in [-0.1, -0.05) is 12.1 Å². The first-order valence-electron chi connectivity index (χ1n) is 9.81. The summed E-state index contributed by atoms with van der Waals surface area (Å²) >= 11 is 0. The summed E-state index contributed by atoms with van der Waals surface area (Å²) in [5, 5.41) is 3.98. The lowest BCUT2D eigenvalue weighted by molar-refractivity contribution is 0.0957. The van der Waals surface area contributed by atoms with Crippen LogP contribution in [-0.4, -0.2) is 19.0 Å². The van der Waals surface area contributed by atoms with Crippen LogP contribution < -0.4 is 15.8 Å². The molecule has 0 fully saturated rings. The number of nitrogens with one attached hydrogen (secondary N) is 1. The molecule has 3 aromatic rings. The van der Waals surface area contributed by atoms with Gasteiger partial charge < -0.3 is 14.6 Å². The number of anilines is 1. The Morgan fingerprint density at radius 2 is 1.93 bits per heavy atom. The Balaban J connectivity index is 1.63. The van der Waals surface area contributed by atoms with Gasteiger partial charge in [0.25, 0.3) is 5.91 Å². The second-order valence-corrected chi connectivity index (χ2v) is 7.71. The lowest BCUT2D eigenvalue weighted by Crippen LogP contribution is -2.30. The van der Waals surface area contributed by atoms with Crippen LogP contribution in [0.2, 0.25) is 0 Å². The molecule has 0 saturated carbocycles. The number of fused-ring (bicyclic) bond motifs is 3. The highest BCUT2D eigenvalue weighted by Crippen LogP contribution is 2.31. The first-order valence-corrected chi connectivity index (χ1v) is 9.81. The summed E-state index contributed by atoms with van der Waals surface area (Å²) in [7, 11) is 0. The third kappa shape index (κ3) is 2.78. The molecule has 1 aliphatic carbocycles. The van der Waals surface area contributed by atoms with E-state index in [1.54, 1.807) is 6.07 Å². The molecule has 1 amide bonds. The van der Waals surface area contributed by atoms with Crippen molar-refractivity contribution in [1.29, 1.82) is 0 Å². The van der Waals surface area contributed by atoms with Crippen molar-refractivity contribution in [3.63, 3.8) is 0 Å². The maximum Gasteiger partial charge on any atom is 0.336 e. The lowest BCUT2D eigenvalue weighted by Gasteiger charge is -2.25. The fourth-order valence-corrected chi connectivity index (χ4v) is 4.52. The molecule has 0 atom stereocenters. The molecule has 0 unspecified atom stereocenters. The number of hydrogen-bond donors (Lipinski definition) is 1. The van der Waals surface area contributed by atoms with Gasteiger partial charge in [0, 0.05) is 31.1 Å². The first kappa shape index (κ1) is 17.0. The number of carbonyl (C=O) groups is 1. The molecule has 0 spiro atoms. The molecule has 28 heavy (non-hydrogen) atoms. The minimum absolute atomic E-state index is 0.0362. The topological polar surface area (TPSA) is 62.6 Å². The molecule has 1 N–H and O–H groups in total. The first-order chi connectivity index (χ1) is 13.6. The SMILES string of the molecule is Cc1cccc2c1C(=O)NCCN2Cc1cc(=O)oc2cc3c(cc12)CCC3. The van der Waals surface area contributed by atoms with Gasteiger partial charge >= 0.3 is 5.63 Å². The predicted octanol–water partition coefficient (Wildman–Crippen LogP) is 3.34. The maximum absolute atomic E-state index is 12.5. The summed E-state index contributed by atoms with van der Waals surface area (Å²) in [6, 6.07) is 11.7. The summed E-state index contributed by atoms with van der Waals surface area (Å²) in [4.78, 5) is 26.9. The molecule has 0 saturated heterocycles. The van der Waals surface area contributed by atoms with Gasteiger partial charge in [-0.2, -0.15) is 0 Å². The van der Waals surface area contributed by atoms with Crippen LogP contribution in [0.4, 0.5) is 5.69 Å². The standard InChI is InChI=1S/C23H22N2O3/c1-14-4-2-7-19-22(14)23(27)24-8-9-25(19)13-17-12-21(26)28-20-11-16-6-3-5-15(16)10-18(17)20/h2,4,7,10-12H,3,5-6,8-9,13H2,1H3,(H,24,27). The van der Waals surface area contributed by atoms with Gasteiger partial charge in [0.05, 0.1) is 11.3 Å². The summed E-state index contributed by atoms with van der Waals surface area (Å²) in [6.45, 7) is 3.78. The highest BCUT2D eigenvalue weighted by atomic mass is 16.4. The molecule has 2 heterocycles. The monoisotopic (exact) mass is 374 g/mol. The molecule has 2 aliphatic rings. The van der Waals surface area contributed by atoms with Crippen LogP contribution >= 0.6 is 0 Å². The number of carbonyl (C=O) groups excluding carboxylic acids is 1. The second kappa shape index (κ2) is 6.51. The summed E-state index contributed by atoms with van der Waals surface area (Å²) in [5.74, 6) is -0.0362. The minimum Gasteiger partial charge on any atom is -0.423 e. The molecular formula is C23H22N2O3. The minimum atomic E-state index is -0.325. The van der Waals surface area contributed by atoms with E-state index in [-0.39, 0.29) is 11.5 Å². The quantitative estimate of drug-likeness (QED) is 0.699. The molecule has 1 aromatic heterocycles. The van der Waals surface area contributed by atoms with Gasteiger partial charge in [0.15, 0.2) is 0 Å². The van der Waals surface area contributed by atoms with E-state index in [2.05, 4.69) is 16.3 Å². The van der Waals surface area contributed by atoms with Gasteiger partial charge in [-0.3, -0.25) is 4.79 Å². The van der Waals surface area contributed by atoms with Crippen LogP contribution in [0, 0.1) is 6.92 Å². The molecule has 1 aliphatic heterocycles. The van der Waals surface area contributed by atoms with Crippen LogP contribution in [0.15, 0.2) is 45.6 Å². The highest BCUT2D eigenvalue weighted by Gasteiger charge is 2.23. The van der Waals surface area contributed by atoms with Crippen molar-refractivity contribution in [3.05, 3.63) is 74.6 Å². The van der Waals surface area contributed by atoms with Gasteiger partial charge in [0.2, 0.25) is 0 Å². The van der Waals surface area contributed by atoms with Crippen LogP contribution in [0.1, 0.15) is 39.0 Å². The van der Waals surface area contributed by atoms with Crippen molar-refractivity contribution in [2.24, 2.45) is 0 Å². The average molecular weight is 374 g/mol. The Bertz CT molecular complexity index is 1160. The van der Waals surface area contributed by atoms with E-state index >= 15 is 0 Å². The van der Waals surface area contributed by atoms with Crippen LogP contribution in [0.25, 0.3) is 11.0 Å². The van der Waals surface area contributed by atoms with E-state index in [0.717, 1.165) is 41.5 Å². The Morgan fingerprint density at radius 1 is 1.11 bits per heavy atom. The zero-order valence-electron chi connectivity index (χ0n) is 15.9. The third-order valence-corrected chi connectivity index (χ3v) is 5.89. The Morgan fingerprint density at radius 3 is 2.79 bits per heavy atom. The number of aryl methyl sites for hydroxylation is 3. The number of hydrogen-bond acceptors (Lipinski definition) is 4. The maximum atomic E-state index is 12.5. The van der Waals surface area contributed by atoms with Gasteiger partial charge in [0.1, 0.15) is 5.58 Å². The third-order valence-electron chi connectivity index (χ3n) is 5.89. The molecular weight excluding hydrogens is 352 g/mol. The van der Waals surface area contributed by atoms with Crippen LogP contribution in [0.3, 0.4) is 0 Å². The molecule has 5 rings (SSSR count). The van der Waals surface area contributed by atoms with Crippen LogP contribution in [-0.2, 0) is 19.4 Å². The largest absolute Gasteiger partial charge is 0.423 e. The Hall–Kier alpha value is -3.08. The van der Waals surface area contributed by atoms with Crippen molar-refractivity contribution in [2.75, 3.05) is 18.0 Å². The highest BCUT2D eigenvalue weighted by molar-refractivity contribution is 6.02. The lowest BCUT2D eigenvalue weighted by atomic mass is 10.0. The molecule has 5 nitrogen and oxygen atoms in total. The van der Waals surface area contributed by atoms with E-state index in [4.69, 9.17) is 4.42 Å².